The summed E-state index contributed by atoms with van der Waals surface area (Å²) >= 11 is 0. The molecule has 0 rings (SSSR count). The van der Waals surface area contributed by atoms with Crippen molar-refractivity contribution in [2.24, 2.45) is 0 Å². The first-order valence-corrected chi connectivity index (χ1v) is 6.92. The van der Waals surface area contributed by atoms with E-state index in [4.69, 9.17) is 10.2 Å². The first-order valence-electron chi connectivity index (χ1n) is 6.92. The van der Waals surface area contributed by atoms with Gasteiger partial charge in [-0.25, -0.2) is 9.59 Å². The van der Waals surface area contributed by atoms with Crippen LogP contribution in [0.5, 0.6) is 0 Å². The van der Waals surface area contributed by atoms with Gasteiger partial charge in [0.25, 0.3) is 0 Å². The monoisotopic (exact) mass is 288 g/mol. The van der Waals surface area contributed by atoms with Crippen LogP contribution < -0.4 is 5.32 Å². The smallest absolute Gasteiger partial charge is 0.326 e. The number of carbonyl (C=O) groups is 3. The van der Waals surface area contributed by atoms with Gasteiger partial charge in [-0.2, -0.15) is 0 Å². The van der Waals surface area contributed by atoms with Crippen LogP contribution >= 0.6 is 0 Å². The number of aliphatic carboxylic acids is 2. The van der Waals surface area contributed by atoms with Crippen LogP contribution in [-0.4, -0.2) is 52.2 Å². The minimum atomic E-state index is -1.40. The number of hydrogen-bond acceptors (Lipinski definition) is 3. The summed E-state index contributed by atoms with van der Waals surface area (Å²) in [7, 11) is 0. The van der Waals surface area contributed by atoms with E-state index < -0.39 is 30.4 Å². The lowest BCUT2D eigenvalue weighted by Crippen LogP contribution is -2.49. The van der Waals surface area contributed by atoms with E-state index in [-0.39, 0.29) is 0 Å². The van der Waals surface area contributed by atoms with E-state index in [1.165, 1.54) is 0 Å². The van der Waals surface area contributed by atoms with Crippen LogP contribution in [0.3, 0.4) is 0 Å². The van der Waals surface area contributed by atoms with Crippen molar-refractivity contribution in [3.8, 4) is 0 Å². The summed E-state index contributed by atoms with van der Waals surface area (Å²) in [5.41, 5.74) is 0. The summed E-state index contributed by atoms with van der Waals surface area (Å²) in [4.78, 5) is 35.1. The molecule has 0 aromatic rings. The van der Waals surface area contributed by atoms with Gasteiger partial charge in [0.1, 0.15) is 6.04 Å². The van der Waals surface area contributed by atoms with Gasteiger partial charge in [0, 0.05) is 13.1 Å². The second-order valence-electron chi connectivity index (χ2n) is 4.63. The average Bonchev–Trinajstić information content (AvgIpc) is 2.37. The average molecular weight is 288 g/mol. The van der Waals surface area contributed by atoms with Gasteiger partial charge in [0.05, 0.1) is 6.42 Å². The van der Waals surface area contributed by atoms with Crippen LogP contribution in [0.2, 0.25) is 0 Å². The summed E-state index contributed by atoms with van der Waals surface area (Å²) < 4.78 is 0. The summed E-state index contributed by atoms with van der Waals surface area (Å²) in [5, 5.41) is 19.8. The molecule has 0 saturated heterocycles. The van der Waals surface area contributed by atoms with Gasteiger partial charge in [0.2, 0.25) is 0 Å². The number of nitrogens with one attached hydrogen (secondary N) is 1. The maximum Gasteiger partial charge on any atom is 0.326 e. The maximum absolute atomic E-state index is 12.0. The van der Waals surface area contributed by atoms with Crippen molar-refractivity contribution in [3.63, 3.8) is 0 Å². The third-order valence-corrected chi connectivity index (χ3v) is 2.82. The van der Waals surface area contributed by atoms with Gasteiger partial charge >= 0.3 is 18.0 Å². The molecule has 0 unspecified atom stereocenters. The molecular formula is C13H24N2O5. The summed E-state index contributed by atoms with van der Waals surface area (Å²) in [6.07, 6.45) is 2.87. The third-order valence-electron chi connectivity index (χ3n) is 2.82. The van der Waals surface area contributed by atoms with E-state index in [0.717, 1.165) is 25.7 Å². The molecule has 0 radical (unpaired) electrons. The van der Waals surface area contributed by atoms with Gasteiger partial charge in [0.15, 0.2) is 0 Å². The quantitative estimate of drug-likeness (QED) is 0.565. The highest BCUT2D eigenvalue weighted by Gasteiger charge is 2.25. The minimum absolute atomic E-state index is 0.513. The molecule has 0 spiro atoms. The van der Waals surface area contributed by atoms with Crippen LogP contribution in [0.15, 0.2) is 0 Å². The van der Waals surface area contributed by atoms with Crippen molar-refractivity contribution in [1.82, 2.24) is 10.2 Å². The van der Waals surface area contributed by atoms with Gasteiger partial charge in [-0.05, 0) is 12.8 Å². The number of amides is 2. The molecule has 0 bridgehead atoms. The van der Waals surface area contributed by atoms with Crippen LogP contribution in [0, 0.1) is 0 Å². The van der Waals surface area contributed by atoms with Crippen molar-refractivity contribution in [2.45, 2.75) is 52.0 Å². The van der Waals surface area contributed by atoms with Crippen molar-refractivity contribution in [2.75, 3.05) is 13.1 Å². The standard InChI is InChI=1S/C13H24N2O5/c1-3-5-7-15(8-6-4-2)13(20)14-10(12(18)19)9-11(16)17/h10H,3-9H2,1-2H3,(H,14,20)(H,16,17)(H,18,19)/t10-/m0/s1. The van der Waals surface area contributed by atoms with Crippen LogP contribution in [0.4, 0.5) is 4.79 Å². The highest BCUT2D eigenvalue weighted by Crippen LogP contribution is 2.02. The second kappa shape index (κ2) is 10.1. The van der Waals surface area contributed by atoms with E-state index in [9.17, 15) is 14.4 Å². The van der Waals surface area contributed by atoms with Crippen LogP contribution in [0.1, 0.15) is 46.0 Å². The lowest BCUT2D eigenvalue weighted by molar-refractivity contribution is -0.145. The predicted molar refractivity (Wildman–Crippen MR) is 73.6 cm³/mol. The normalized spacial score (nSPS) is 11.7. The molecule has 116 valence electrons. The fourth-order valence-electron chi connectivity index (χ4n) is 1.63. The molecule has 0 fully saturated rings. The Kier molecular flexibility index (Phi) is 9.15. The molecule has 0 aliphatic heterocycles. The molecular weight excluding hydrogens is 264 g/mol. The molecule has 0 aromatic carbocycles. The molecule has 20 heavy (non-hydrogen) atoms. The summed E-state index contributed by atoms with van der Waals surface area (Å²) in [6.45, 7) is 5.09. The zero-order valence-electron chi connectivity index (χ0n) is 12.1. The highest BCUT2D eigenvalue weighted by atomic mass is 16.4. The molecule has 3 N–H and O–H groups in total. The largest absolute Gasteiger partial charge is 0.481 e. The van der Waals surface area contributed by atoms with Crippen molar-refractivity contribution >= 4 is 18.0 Å². The van der Waals surface area contributed by atoms with Gasteiger partial charge in [-0.3, -0.25) is 4.79 Å². The Morgan fingerprint density at radius 3 is 1.90 bits per heavy atom. The fraction of sp³-hybridized carbons (Fsp3) is 0.769. The second-order valence-corrected chi connectivity index (χ2v) is 4.63. The Labute approximate surface area is 119 Å². The lowest BCUT2D eigenvalue weighted by atomic mass is 10.2. The number of unbranched alkanes of at least 4 members (excludes halogenated alkanes) is 2. The van der Waals surface area contributed by atoms with Crippen LogP contribution in [-0.2, 0) is 9.59 Å². The van der Waals surface area contributed by atoms with Crippen molar-refractivity contribution < 1.29 is 24.6 Å². The molecule has 0 aliphatic rings. The van der Waals surface area contributed by atoms with E-state index in [2.05, 4.69) is 5.32 Å². The van der Waals surface area contributed by atoms with Crippen molar-refractivity contribution in [3.05, 3.63) is 0 Å². The zero-order valence-corrected chi connectivity index (χ0v) is 12.1. The Morgan fingerprint density at radius 1 is 1.05 bits per heavy atom. The molecule has 0 aromatic heterocycles. The first-order chi connectivity index (χ1) is 9.42. The molecule has 7 nitrogen and oxygen atoms in total. The van der Waals surface area contributed by atoms with Gasteiger partial charge in [-0.1, -0.05) is 26.7 Å². The maximum atomic E-state index is 12.0. The first kappa shape index (κ1) is 18.2. The van der Waals surface area contributed by atoms with E-state index in [1.54, 1.807) is 4.90 Å². The third kappa shape index (κ3) is 7.60. The van der Waals surface area contributed by atoms with Gasteiger partial charge < -0.3 is 20.4 Å². The SMILES string of the molecule is CCCCN(CCCC)C(=O)N[C@@H](CC(=O)O)C(=O)O. The van der Waals surface area contributed by atoms with Crippen LogP contribution in [0.25, 0.3) is 0 Å². The van der Waals surface area contributed by atoms with E-state index >= 15 is 0 Å². The Balaban J connectivity index is 4.59. The van der Waals surface area contributed by atoms with E-state index in [0.29, 0.717) is 13.1 Å². The topological polar surface area (TPSA) is 107 Å². The molecule has 0 heterocycles. The number of carbonyl (C=O) groups excluding carboxylic acids is 1. The number of carboxylic acids is 2. The number of carboxylic acid groups (broad SMARTS) is 2. The highest BCUT2D eigenvalue weighted by molar-refractivity contribution is 5.86. The van der Waals surface area contributed by atoms with Crippen molar-refractivity contribution in [1.29, 1.82) is 0 Å². The predicted octanol–water partition coefficient (Wildman–Crippen LogP) is 1.53. The lowest BCUT2D eigenvalue weighted by Gasteiger charge is -2.24. The molecule has 0 saturated carbocycles. The Hall–Kier alpha value is -1.79. The minimum Gasteiger partial charge on any atom is -0.481 e. The van der Waals surface area contributed by atoms with Gasteiger partial charge in [-0.15, -0.1) is 0 Å². The number of hydrogen-bond donors (Lipinski definition) is 3. The fourth-order valence-corrected chi connectivity index (χ4v) is 1.63. The Bertz CT molecular complexity index is 325. The molecule has 1 atom stereocenters. The summed E-state index contributed by atoms with van der Waals surface area (Å²) in [6, 6.07) is -1.91. The molecule has 2 amide bonds. The number of rotatable bonds is 10. The molecule has 0 aliphatic carbocycles. The summed E-state index contributed by atoms with van der Waals surface area (Å²) in [5.74, 6) is -2.60. The number of nitrogens with zero attached hydrogens (tertiary/aromatic N) is 1. The number of urea groups is 1. The van der Waals surface area contributed by atoms with E-state index in [1.807, 2.05) is 13.8 Å². The zero-order chi connectivity index (χ0) is 15.5. The Morgan fingerprint density at radius 2 is 1.55 bits per heavy atom. The molecule has 7 heteroatoms.